The number of nitrogens with zero attached hydrogens (tertiary/aromatic N) is 1. The zero-order valence-corrected chi connectivity index (χ0v) is 10.6. The van der Waals surface area contributed by atoms with Gasteiger partial charge in [0.1, 0.15) is 6.07 Å². The van der Waals surface area contributed by atoms with Crippen LogP contribution in [0, 0.1) is 11.3 Å². The number of benzene rings is 2. The van der Waals surface area contributed by atoms with Crippen molar-refractivity contribution in [3.8, 4) is 6.07 Å². The molecule has 0 atom stereocenters. The van der Waals surface area contributed by atoms with Crippen molar-refractivity contribution in [1.82, 2.24) is 0 Å². The summed E-state index contributed by atoms with van der Waals surface area (Å²) in [6.45, 7) is 0. The number of hydrogen-bond acceptors (Lipinski definition) is 3. The molecule has 0 unspecified atom stereocenters. The Labute approximate surface area is 115 Å². The van der Waals surface area contributed by atoms with E-state index in [1.54, 1.807) is 42.5 Å². The van der Waals surface area contributed by atoms with E-state index in [2.05, 4.69) is 11.4 Å². The Balaban J connectivity index is 2.26. The average Bonchev–Trinajstić information content (AvgIpc) is 2.41. The lowest BCUT2D eigenvalue weighted by molar-refractivity contribution is 0.100. The Morgan fingerprint density at radius 3 is 2.47 bits per heavy atom. The predicted octanol–water partition coefficient (Wildman–Crippen LogP) is 3.05. The van der Waals surface area contributed by atoms with Gasteiger partial charge >= 0.3 is 0 Å². The van der Waals surface area contributed by atoms with Crippen molar-refractivity contribution in [2.45, 2.75) is 0 Å². The van der Waals surface area contributed by atoms with E-state index in [4.69, 9.17) is 22.6 Å². The summed E-state index contributed by atoms with van der Waals surface area (Å²) in [6, 6.07) is 13.7. The number of amides is 1. The minimum absolute atomic E-state index is 0.433. The normalized spacial score (nSPS) is 9.68. The molecule has 2 aromatic carbocycles. The van der Waals surface area contributed by atoms with E-state index < -0.39 is 5.91 Å². The van der Waals surface area contributed by atoms with Gasteiger partial charge in [0.2, 0.25) is 5.91 Å². The molecule has 0 aromatic heterocycles. The van der Waals surface area contributed by atoms with Crippen LogP contribution in [0.5, 0.6) is 0 Å². The molecule has 0 fully saturated rings. The lowest BCUT2D eigenvalue weighted by Gasteiger charge is -2.08. The van der Waals surface area contributed by atoms with Crippen LogP contribution in [0.1, 0.15) is 15.9 Å². The second kappa shape index (κ2) is 5.42. The number of rotatable bonds is 3. The first-order chi connectivity index (χ1) is 9.10. The lowest BCUT2D eigenvalue weighted by Crippen LogP contribution is -2.10. The lowest BCUT2D eigenvalue weighted by atomic mass is 10.1. The molecule has 0 bridgehead atoms. The molecule has 2 aromatic rings. The van der Waals surface area contributed by atoms with E-state index in [0.717, 1.165) is 5.69 Å². The third-order valence-electron chi connectivity index (χ3n) is 2.55. The molecule has 4 nitrogen and oxygen atoms in total. The minimum Gasteiger partial charge on any atom is -0.366 e. The highest BCUT2D eigenvalue weighted by Gasteiger charge is 2.04. The van der Waals surface area contributed by atoms with Gasteiger partial charge in [0.25, 0.3) is 0 Å². The molecular weight excluding hydrogens is 262 g/mol. The van der Waals surface area contributed by atoms with Crippen molar-refractivity contribution < 1.29 is 4.79 Å². The molecule has 0 spiro atoms. The van der Waals surface area contributed by atoms with Crippen LogP contribution in [0.15, 0.2) is 42.5 Å². The van der Waals surface area contributed by atoms with E-state index >= 15 is 0 Å². The second-order valence-electron chi connectivity index (χ2n) is 3.87. The minimum atomic E-state index is -0.476. The number of nitriles is 1. The van der Waals surface area contributed by atoms with E-state index in [0.29, 0.717) is 21.8 Å². The van der Waals surface area contributed by atoms with Crippen molar-refractivity contribution in [1.29, 1.82) is 5.26 Å². The number of halogens is 1. The maximum Gasteiger partial charge on any atom is 0.248 e. The van der Waals surface area contributed by atoms with Gasteiger partial charge in [-0.15, -0.1) is 0 Å². The third kappa shape index (κ3) is 3.03. The number of carbonyl (C=O) groups is 1. The highest BCUT2D eigenvalue weighted by atomic mass is 35.5. The number of carbonyl (C=O) groups excluding carboxylic acids is 1. The summed E-state index contributed by atoms with van der Waals surface area (Å²) in [7, 11) is 0. The van der Waals surface area contributed by atoms with E-state index in [-0.39, 0.29) is 0 Å². The first-order valence-electron chi connectivity index (χ1n) is 5.46. The molecular formula is C14H10ClN3O. The van der Waals surface area contributed by atoms with Gasteiger partial charge in [-0.1, -0.05) is 11.6 Å². The van der Waals surface area contributed by atoms with Crippen LogP contribution in [0.4, 0.5) is 11.4 Å². The number of nitrogens with one attached hydrogen (secondary N) is 1. The molecule has 0 heterocycles. The fourth-order valence-corrected chi connectivity index (χ4v) is 1.76. The Hall–Kier alpha value is -2.51. The van der Waals surface area contributed by atoms with Crippen molar-refractivity contribution >= 4 is 28.9 Å². The zero-order valence-electron chi connectivity index (χ0n) is 9.85. The molecule has 5 heteroatoms. The summed E-state index contributed by atoms with van der Waals surface area (Å²) in [5.74, 6) is -0.476. The molecule has 2 rings (SSSR count). The Kier molecular flexibility index (Phi) is 3.69. The summed E-state index contributed by atoms with van der Waals surface area (Å²) < 4.78 is 0. The SMILES string of the molecule is N#Cc1cc(Cl)ccc1Nc1ccc(C(N)=O)cc1. The maximum atomic E-state index is 11.0. The van der Waals surface area contributed by atoms with Crippen LogP contribution in [-0.4, -0.2) is 5.91 Å². The molecule has 0 aliphatic carbocycles. The fourth-order valence-electron chi connectivity index (χ4n) is 1.59. The van der Waals surface area contributed by atoms with Gasteiger partial charge in [-0.05, 0) is 42.5 Å². The smallest absolute Gasteiger partial charge is 0.248 e. The predicted molar refractivity (Wildman–Crippen MR) is 74.4 cm³/mol. The van der Waals surface area contributed by atoms with Crippen molar-refractivity contribution in [3.63, 3.8) is 0 Å². The molecule has 0 radical (unpaired) electrons. The van der Waals surface area contributed by atoms with Crippen molar-refractivity contribution in [3.05, 3.63) is 58.6 Å². The maximum absolute atomic E-state index is 11.0. The van der Waals surface area contributed by atoms with Crippen LogP contribution in [0.25, 0.3) is 0 Å². The molecule has 3 N–H and O–H groups in total. The van der Waals surface area contributed by atoms with Crippen LogP contribution >= 0.6 is 11.6 Å². The fraction of sp³-hybridized carbons (Fsp3) is 0. The topological polar surface area (TPSA) is 78.9 Å². The van der Waals surface area contributed by atoms with Crippen LogP contribution in [0.2, 0.25) is 5.02 Å². The van der Waals surface area contributed by atoms with E-state index in [1.165, 1.54) is 0 Å². The molecule has 0 aliphatic rings. The van der Waals surface area contributed by atoms with Gasteiger partial charge in [0.15, 0.2) is 0 Å². The van der Waals surface area contributed by atoms with Crippen LogP contribution in [0.3, 0.4) is 0 Å². The van der Waals surface area contributed by atoms with Crippen LogP contribution < -0.4 is 11.1 Å². The van der Waals surface area contributed by atoms with Gasteiger partial charge in [0, 0.05) is 16.3 Å². The van der Waals surface area contributed by atoms with Crippen molar-refractivity contribution in [2.75, 3.05) is 5.32 Å². The van der Waals surface area contributed by atoms with Crippen molar-refractivity contribution in [2.24, 2.45) is 5.73 Å². The van der Waals surface area contributed by atoms with E-state index in [9.17, 15) is 4.79 Å². The second-order valence-corrected chi connectivity index (χ2v) is 4.30. The summed E-state index contributed by atoms with van der Waals surface area (Å²) in [6.07, 6.45) is 0. The van der Waals surface area contributed by atoms with Crippen LogP contribution in [-0.2, 0) is 0 Å². The zero-order chi connectivity index (χ0) is 13.8. The molecule has 0 aliphatic heterocycles. The average molecular weight is 272 g/mol. The largest absolute Gasteiger partial charge is 0.366 e. The molecule has 19 heavy (non-hydrogen) atoms. The monoisotopic (exact) mass is 271 g/mol. The van der Waals surface area contributed by atoms with Gasteiger partial charge in [-0.25, -0.2) is 0 Å². The Morgan fingerprint density at radius 1 is 1.21 bits per heavy atom. The molecule has 1 amide bonds. The quantitative estimate of drug-likeness (QED) is 0.900. The third-order valence-corrected chi connectivity index (χ3v) is 2.79. The highest BCUT2D eigenvalue weighted by Crippen LogP contribution is 2.23. The Bertz CT molecular complexity index is 659. The van der Waals surface area contributed by atoms with Gasteiger partial charge < -0.3 is 11.1 Å². The molecule has 94 valence electrons. The van der Waals surface area contributed by atoms with E-state index in [1.807, 2.05) is 0 Å². The molecule has 0 saturated heterocycles. The van der Waals surface area contributed by atoms with Gasteiger partial charge in [-0.3, -0.25) is 4.79 Å². The molecule has 0 saturated carbocycles. The summed E-state index contributed by atoms with van der Waals surface area (Å²) in [5, 5.41) is 12.6. The van der Waals surface area contributed by atoms with Gasteiger partial charge in [-0.2, -0.15) is 5.26 Å². The highest BCUT2D eigenvalue weighted by molar-refractivity contribution is 6.30. The van der Waals surface area contributed by atoms with Gasteiger partial charge in [0.05, 0.1) is 11.3 Å². The summed E-state index contributed by atoms with van der Waals surface area (Å²) >= 11 is 5.82. The number of hydrogen-bond donors (Lipinski definition) is 2. The standard InChI is InChI=1S/C14H10ClN3O/c15-11-3-6-13(10(7-11)8-16)18-12-4-1-9(2-5-12)14(17)19/h1-7,18H,(H2,17,19). The number of nitrogens with two attached hydrogens (primary N) is 1. The number of anilines is 2. The summed E-state index contributed by atoms with van der Waals surface area (Å²) in [4.78, 5) is 11.0. The summed E-state index contributed by atoms with van der Waals surface area (Å²) in [5.41, 5.74) is 7.45. The first-order valence-corrected chi connectivity index (χ1v) is 5.84. The number of primary amides is 1. The Morgan fingerprint density at radius 2 is 1.89 bits per heavy atom. The first kappa shape index (κ1) is 12.9.